The maximum Gasteiger partial charge on any atom is 0.271 e. The van der Waals surface area contributed by atoms with Crippen LogP contribution >= 0.6 is 0 Å². The lowest BCUT2D eigenvalue weighted by Crippen LogP contribution is -2.17. The van der Waals surface area contributed by atoms with E-state index in [0.717, 1.165) is 16.3 Å². The van der Waals surface area contributed by atoms with Crippen LogP contribution in [0.15, 0.2) is 71.8 Å². The van der Waals surface area contributed by atoms with E-state index >= 15 is 0 Å². The van der Waals surface area contributed by atoms with Gasteiger partial charge in [0.15, 0.2) is 0 Å². The molecular formula is C18H13FN2O. The topological polar surface area (TPSA) is 41.5 Å². The van der Waals surface area contributed by atoms with Crippen LogP contribution in [0.1, 0.15) is 15.9 Å². The number of rotatable bonds is 3. The highest BCUT2D eigenvalue weighted by atomic mass is 19.1. The average Bonchev–Trinajstić information content (AvgIpc) is 2.55. The summed E-state index contributed by atoms with van der Waals surface area (Å²) in [5.74, 6) is -0.901. The summed E-state index contributed by atoms with van der Waals surface area (Å²) in [6.07, 6.45) is 1.58. The highest BCUT2D eigenvalue weighted by Crippen LogP contribution is 2.16. The summed E-state index contributed by atoms with van der Waals surface area (Å²) in [5, 5.41) is 6.10. The normalized spacial score (nSPS) is 11.0. The number of benzene rings is 3. The van der Waals surface area contributed by atoms with Crippen LogP contribution in [0.4, 0.5) is 4.39 Å². The van der Waals surface area contributed by atoms with E-state index in [-0.39, 0.29) is 5.56 Å². The summed E-state index contributed by atoms with van der Waals surface area (Å²) < 4.78 is 13.1. The molecule has 3 nitrogen and oxygen atoms in total. The molecule has 3 aromatic carbocycles. The van der Waals surface area contributed by atoms with E-state index in [0.29, 0.717) is 0 Å². The molecule has 4 heteroatoms. The first kappa shape index (κ1) is 13.9. The van der Waals surface area contributed by atoms with Crippen molar-refractivity contribution >= 4 is 22.9 Å². The van der Waals surface area contributed by atoms with Gasteiger partial charge in [0.25, 0.3) is 5.91 Å². The third-order valence-corrected chi connectivity index (χ3v) is 3.28. The van der Waals surface area contributed by atoms with Gasteiger partial charge in [0.05, 0.1) is 6.21 Å². The molecular weight excluding hydrogens is 279 g/mol. The highest BCUT2D eigenvalue weighted by Gasteiger charge is 2.04. The maximum absolute atomic E-state index is 13.1. The largest absolute Gasteiger partial charge is 0.271 e. The van der Waals surface area contributed by atoms with Crippen molar-refractivity contribution in [1.82, 2.24) is 5.43 Å². The van der Waals surface area contributed by atoms with Gasteiger partial charge in [-0.15, -0.1) is 0 Å². The third-order valence-electron chi connectivity index (χ3n) is 3.28. The first-order valence-electron chi connectivity index (χ1n) is 6.81. The minimum absolute atomic E-state index is 0.232. The molecule has 0 aromatic heterocycles. The van der Waals surface area contributed by atoms with Crippen molar-refractivity contribution in [1.29, 1.82) is 0 Å². The van der Waals surface area contributed by atoms with Crippen LogP contribution in [0.2, 0.25) is 0 Å². The number of halogens is 1. The molecule has 3 rings (SSSR count). The van der Waals surface area contributed by atoms with Crippen LogP contribution in [-0.4, -0.2) is 12.1 Å². The number of amides is 1. The molecule has 0 aliphatic rings. The second kappa shape index (κ2) is 6.18. The second-order valence-corrected chi connectivity index (χ2v) is 4.78. The van der Waals surface area contributed by atoms with Gasteiger partial charge in [-0.3, -0.25) is 4.79 Å². The monoisotopic (exact) mass is 292 g/mol. The Morgan fingerprint density at radius 2 is 1.77 bits per heavy atom. The smallest absolute Gasteiger partial charge is 0.267 e. The quantitative estimate of drug-likeness (QED) is 0.580. The number of nitrogens with zero attached hydrogens (tertiary/aromatic N) is 1. The zero-order chi connectivity index (χ0) is 15.4. The Kier molecular flexibility index (Phi) is 3.92. The Bertz CT molecular complexity index is 853. The van der Waals surface area contributed by atoms with Gasteiger partial charge in [-0.05, 0) is 29.0 Å². The lowest BCUT2D eigenvalue weighted by molar-refractivity contribution is 0.0954. The van der Waals surface area contributed by atoms with Crippen molar-refractivity contribution in [3.63, 3.8) is 0 Å². The Hall–Kier alpha value is -3.01. The molecule has 1 amide bonds. The van der Waals surface area contributed by atoms with Gasteiger partial charge in [-0.2, -0.15) is 5.10 Å². The average molecular weight is 292 g/mol. The predicted molar refractivity (Wildman–Crippen MR) is 85.4 cm³/mol. The van der Waals surface area contributed by atoms with Crippen LogP contribution in [-0.2, 0) is 0 Å². The first-order valence-corrected chi connectivity index (χ1v) is 6.81. The predicted octanol–water partition coefficient (Wildman–Crippen LogP) is 3.74. The van der Waals surface area contributed by atoms with E-state index in [4.69, 9.17) is 0 Å². The fraction of sp³-hybridized carbons (Fsp3) is 0. The molecule has 0 atom stereocenters. The molecule has 0 saturated heterocycles. The summed E-state index contributed by atoms with van der Waals surface area (Å²) in [7, 11) is 0. The summed E-state index contributed by atoms with van der Waals surface area (Å²) in [5.41, 5.74) is 3.54. The van der Waals surface area contributed by atoms with Gasteiger partial charge in [0.2, 0.25) is 0 Å². The summed E-state index contributed by atoms with van der Waals surface area (Å²) in [4.78, 5) is 11.9. The molecule has 0 saturated carbocycles. The molecule has 0 heterocycles. The fourth-order valence-electron chi connectivity index (χ4n) is 2.22. The Labute approximate surface area is 127 Å². The number of carbonyl (C=O) groups is 1. The molecule has 0 spiro atoms. The second-order valence-electron chi connectivity index (χ2n) is 4.78. The molecule has 0 fully saturated rings. The van der Waals surface area contributed by atoms with E-state index < -0.39 is 11.7 Å². The Balaban J connectivity index is 1.78. The van der Waals surface area contributed by atoms with Gasteiger partial charge >= 0.3 is 0 Å². The first-order chi connectivity index (χ1) is 10.7. The Morgan fingerprint density at radius 1 is 1.00 bits per heavy atom. The van der Waals surface area contributed by atoms with Gasteiger partial charge < -0.3 is 0 Å². The highest BCUT2D eigenvalue weighted by molar-refractivity contribution is 6.00. The molecule has 22 heavy (non-hydrogen) atoms. The Morgan fingerprint density at radius 3 is 2.64 bits per heavy atom. The fourth-order valence-corrected chi connectivity index (χ4v) is 2.22. The number of hydrogen-bond acceptors (Lipinski definition) is 2. The lowest BCUT2D eigenvalue weighted by atomic mass is 10.1. The maximum atomic E-state index is 13.1. The standard InChI is InChI=1S/C18H13FN2O/c19-16-9-4-7-14(11-16)18(22)21-20-12-15-8-3-6-13-5-1-2-10-17(13)15/h1-12H,(H,21,22)/b20-12-. The van der Waals surface area contributed by atoms with E-state index in [9.17, 15) is 9.18 Å². The van der Waals surface area contributed by atoms with Gasteiger partial charge in [-0.1, -0.05) is 48.5 Å². The number of fused-ring (bicyclic) bond motifs is 1. The zero-order valence-electron chi connectivity index (χ0n) is 11.7. The van der Waals surface area contributed by atoms with Gasteiger partial charge in [-0.25, -0.2) is 9.82 Å². The molecule has 3 aromatic rings. The van der Waals surface area contributed by atoms with Crippen LogP contribution in [0.5, 0.6) is 0 Å². The van der Waals surface area contributed by atoms with Crippen LogP contribution < -0.4 is 5.43 Å². The number of hydrazone groups is 1. The molecule has 0 aliphatic carbocycles. The van der Waals surface area contributed by atoms with Crippen LogP contribution in [0, 0.1) is 5.82 Å². The van der Waals surface area contributed by atoms with Crippen molar-refractivity contribution in [3.8, 4) is 0 Å². The third kappa shape index (κ3) is 3.01. The minimum Gasteiger partial charge on any atom is -0.267 e. The van der Waals surface area contributed by atoms with E-state index in [1.54, 1.807) is 6.21 Å². The number of nitrogens with one attached hydrogen (secondary N) is 1. The van der Waals surface area contributed by atoms with Crippen molar-refractivity contribution in [3.05, 3.63) is 83.7 Å². The van der Waals surface area contributed by atoms with Crippen molar-refractivity contribution in [2.24, 2.45) is 5.10 Å². The molecule has 0 radical (unpaired) electrons. The van der Waals surface area contributed by atoms with E-state index in [1.165, 1.54) is 24.3 Å². The molecule has 1 N–H and O–H groups in total. The van der Waals surface area contributed by atoms with Crippen molar-refractivity contribution in [2.75, 3.05) is 0 Å². The summed E-state index contributed by atoms with van der Waals surface area (Å²) in [6, 6.07) is 19.3. The van der Waals surface area contributed by atoms with Crippen molar-refractivity contribution < 1.29 is 9.18 Å². The summed E-state index contributed by atoms with van der Waals surface area (Å²) >= 11 is 0. The van der Waals surface area contributed by atoms with Crippen LogP contribution in [0.3, 0.4) is 0 Å². The summed E-state index contributed by atoms with van der Waals surface area (Å²) in [6.45, 7) is 0. The molecule has 0 aliphatic heterocycles. The van der Waals surface area contributed by atoms with Crippen molar-refractivity contribution in [2.45, 2.75) is 0 Å². The van der Waals surface area contributed by atoms with Gasteiger partial charge in [0.1, 0.15) is 5.82 Å². The molecule has 0 bridgehead atoms. The zero-order valence-corrected chi connectivity index (χ0v) is 11.7. The molecule has 108 valence electrons. The lowest BCUT2D eigenvalue weighted by Gasteiger charge is -2.02. The number of hydrogen-bond donors (Lipinski definition) is 1. The molecule has 0 unspecified atom stereocenters. The van der Waals surface area contributed by atoms with Crippen LogP contribution in [0.25, 0.3) is 10.8 Å². The number of carbonyl (C=O) groups excluding carboxylic acids is 1. The minimum atomic E-state index is -0.453. The van der Waals surface area contributed by atoms with E-state index in [2.05, 4.69) is 10.5 Å². The SMILES string of the molecule is O=C(N/N=C\c1cccc2ccccc12)c1cccc(F)c1. The van der Waals surface area contributed by atoms with Gasteiger partial charge in [0, 0.05) is 11.1 Å². The van der Waals surface area contributed by atoms with E-state index in [1.807, 2.05) is 42.5 Å².